The molecule has 18 heavy (non-hydrogen) atoms. The Bertz CT molecular complexity index is 317. The van der Waals surface area contributed by atoms with Gasteiger partial charge in [-0.3, -0.25) is 0 Å². The van der Waals surface area contributed by atoms with Gasteiger partial charge in [0.05, 0.1) is 0 Å². The first-order valence-electron chi connectivity index (χ1n) is 7.03. The zero-order valence-corrected chi connectivity index (χ0v) is 12.1. The van der Waals surface area contributed by atoms with Crippen molar-refractivity contribution in [3.05, 3.63) is 17.7 Å². The second kappa shape index (κ2) is 8.27. The van der Waals surface area contributed by atoms with E-state index in [0.29, 0.717) is 5.92 Å². The van der Waals surface area contributed by atoms with E-state index < -0.39 is 0 Å². The summed E-state index contributed by atoms with van der Waals surface area (Å²) in [4.78, 5) is 7.79. The molecule has 1 aromatic rings. The molecule has 0 radical (unpaired) electrons. The van der Waals surface area contributed by atoms with Gasteiger partial charge in [-0.15, -0.1) is 0 Å². The van der Waals surface area contributed by atoms with Crippen LogP contribution in [0.2, 0.25) is 0 Å². The van der Waals surface area contributed by atoms with Gasteiger partial charge in [-0.25, -0.2) is 4.98 Å². The average molecular weight is 253 g/mol. The van der Waals surface area contributed by atoms with E-state index in [1.165, 1.54) is 0 Å². The highest BCUT2D eigenvalue weighted by atomic mass is 16.5. The number of aromatic nitrogens is 2. The van der Waals surface area contributed by atoms with Gasteiger partial charge < -0.3 is 15.0 Å². The molecule has 104 valence electrons. The molecule has 0 amide bonds. The van der Waals surface area contributed by atoms with E-state index in [2.05, 4.69) is 36.1 Å². The van der Waals surface area contributed by atoms with Crippen LogP contribution in [-0.2, 0) is 11.3 Å². The van der Waals surface area contributed by atoms with Gasteiger partial charge in [0.1, 0.15) is 11.9 Å². The van der Waals surface area contributed by atoms with Gasteiger partial charge in [0.15, 0.2) is 0 Å². The molecule has 4 heteroatoms. The van der Waals surface area contributed by atoms with Crippen LogP contribution in [-0.4, -0.2) is 23.1 Å². The van der Waals surface area contributed by atoms with E-state index >= 15 is 0 Å². The lowest BCUT2D eigenvalue weighted by molar-refractivity contribution is 0.0499. The molecule has 1 aromatic heterocycles. The first kappa shape index (κ1) is 15.2. The molecular formula is C14H27N3O. The van der Waals surface area contributed by atoms with E-state index in [-0.39, 0.29) is 6.10 Å². The fourth-order valence-corrected chi connectivity index (χ4v) is 1.89. The quantitative estimate of drug-likeness (QED) is 0.711. The summed E-state index contributed by atoms with van der Waals surface area (Å²) in [5.41, 5.74) is 1.13. The van der Waals surface area contributed by atoms with Crippen molar-refractivity contribution in [3.63, 3.8) is 0 Å². The Hall–Kier alpha value is -0.870. The number of ether oxygens (including phenoxy) is 1. The van der Waals surface area contributed by atoms with Crippen molar-refractivity contribution in [1.82, 2.24) is 15.3 Å². The Morgan fingerprint density at radius 3 is 2.78 bits per heavy atom. The van der Waals surface area contributed by atoms with Crippen LogP contribution >= 0.6 is 0 Å². The van der Waals surface area contributed by atoms with Gasteiger partial charge in [0.25, 0.3) is 0 Å². The fraction of sp³-hybridized carbons (Fsp3) is 0.786. The van der Waals surface area contributed by atoms with Gasteiger partial charge in [0.2, 0.25) is 0 Å². The molecule has 0 aliphatic carbocycles. The van der Waals surface area contributed by atoms with Crippen LogP contribution in [0.5, 0.6) is 0 Å². The molecular weight excluding hydrogens is 226 g/mol. The molecule has 1 atom stereocenters. The molecule has 0 fully saturated rings. The summed E-state index contributed by atoms with van der Waals surface area (Å²) in [7, 11) is 0. The first-order chi connectivity index (χ1) is 8.67. The summed E-state index contributed by atoms with van der Waals surface area (Å²) in [6.45, 7) is 11.2. The predicted molar refractivity (Wildman–Crippen MR) is 74.4 cm³/mol. The number of imidazole rings is 1. The smallest absolute Gasteiger partial charge is 0.135 e. The summed E-state index contributed by atoms with van der Waals surface area (Å²) < 4.78 is 5.71. The number of hydrogen-bond donors (Lipinski definition) is 2. The van der Waals surface area contributed by atoms with E-state index in [9.17, 15) is 0 Å². The highest BCUT2D eigenvalue weighted by Gasteiger charge is 2.14. The van der Waals surface area contributed by atoms with Crippen molar-refractivity contribution in [2.75, 3.05) is 13.2 Å². The molecule has 4 nitrogen and oxygen atoms in total. The Balaban J connectivity index is 2.49. The molecule has 1 rings (SSSR count). The third-order valence-electron chi connectivity index (χ3n) is 2.74. The number of H-pyrrole nitrogens is 1. The molecule has 1 unspecified atom stereocenters. The normalized spacial score (nSPS) is 13.2. The molecule has 0 aliphatic rings. The largest absolute Gasteiger partial charge is 0.371 e. The van der Waals surface area contributed by atoms with Crippen molar-refractivity contribution in [3.8, 4) is 0 Å². The van der Waals surface area contributed by atoms with Crippen LogP contribution in [0.25, 0.3) is 0 Å². The summed E-state index contributed by atoms with van der Waals surface area (Å²) in [5, 5.41) is 3.41. The highest BCUT2D eigenvalue weighted by molar-refractivity contribution is 5.03. The van der Waals surface area contributed by atoms with Crippen LogP contribution in [0.15, 0.2) is 6.20 Å². The molecule has 0 bridgehead atoms. The van der Waals surface area contributed by atoms with E-state index in [0.717, 1.165) is 44.1 Å². The standard InChI is InChI=1S/C14H27N3O/c1-5-7-13(18-6-2)14-16-10-12(17-14)9-15-8-11(3)4/h10-11,13,15H,5-9H2,1-4H3,(H,16,17). The lowest BCUT2D eigenvalue weighted by atomic mass is 10.2. The second-order valence-corrected chi connectivity index (χ2v) is 5.05. The van der Waals surface area contributed by atoms with Crippen molar-refractivity contribution >= 4 is 0 Å². The summed E-state index contributed by atoms with van der Waals surface area (Å²) >= 11 is 0. The van der Waals surface area contributed by atoms with E-state index in [1.54, 1.807) is 0 Å². The maximum Gasteiger partial charge on any atom is 0.135 e. The molecule has 1 heterocycles. The van der Waals surface area contributed by atoms with Crippen molar-refractivity contribution in [2.45, 2.75) is 53.2 Å². The predicted octanol–water partition coefficient (Wildman–Crippen LogP) is 3.03. The van der Waals surface area contributed by atoms with Gasteiger partial charge >= 0.3 is 0 Å². The number of hydrogen-bond acceptors (Lipinski definition) is 3. The third kappa shape index (κ3) is 5.19. The van der Waals surface area contributed by atoms with Crippen LogP contribution in [0.1, 0.15) is 58.2 Å². The molecule has 0 saturated carbocycles. The lowest BCUT2D eigenvalue weighted by Gasteiger charge is -2.13. The summed E-state index contributed by atoms with van der Waals surface area (Å²) in [5.74, 6) is 1.63. The van der Waals surface area contributed by atoms with Gasteiger partial charge in [0, 0.05) is 25.0 Å². The Kier molecular flexibility index (Phi) is 6.98. The minimum absolute atomic E-state index is 0.110. The molecule has 0 aliphatic heterocycles. The number of aromatic amines is 1. The summed E-state index contributed by atoms with van der Waals surface area (Å²) in [6.07, 6.45) is 4.13. The monoisotopic (exact) mass is 253 g/mol. The Morgan fingerprint density at radius 1 is 1.39 bits per heavy atom. The van der Waals surface area contributed by atoms with Crippen LogP contribution in [0.3, 0.4) is 0 Å². The first-order valence-corrected chi connectivity index (χ1v) is 7.03. The van der Waals surface area contributed by atoms with Crippen LogP contribution in [0, 0.1) is 5.92 Å². The third-order valence-corrected chi connectivity index (χ3v) is 2.74. The van der Waals surface area contributed by atoms with Crippen molar-refractivity contribution in [2.24, 2.45) is 5.92 Å². The van der Waals surface area contributed by atoms with Crippen LogP contribution < -0.4 is 5.32 Å². The number of rotatable bonds is 9. The van der Waals surface area contributed by atoms with E-state index in [1.807, 2.05) is 13.1 Å². The highest BCUT2D eigenvalue weighted by Crippen LogP contribution is 2.19. The number of nitrogens with zero attached hydrogens (tertiary/aromatic N) is 1. The molecule has 0 aromatic carbocycles. The zero-order chi connectivity index (χ0) is 13.4. The van der Waals surface area contributed by atoms with Gasteiger partial charge in [-0.1, -0.05) is 27.2 Å². The maximum atomic E-state index is 5.71. The maximum absolute atomic E-state index is 5.71. The van der Waals surface area contributed by atoms with Crippen molar-refractivity contribution < 1.29 is 4.74 Å². The Morgan fingerprint density at radius 2 is 2.17 bits per heavy atom. The van der Waals surface area contributed by atoms with E-state index in [4.69, 9.17) is 4.74 Å². The molecule has 2 N–H and O–H groups in total. The lowest BCUT2D eigenvalue weighted by Crippen LogP contribution is -2.19. The summed E-state index contributed by atoms with van der Waals surface area (Å²) in [6, 6.07) is 0. The SMILES string of the molecule is CCCC(OCC)c1ncc(CNCC(C)C)[nH]1. The average Bonchev–Trinajstić information content (AvgIpc) is 2.77. The zero-order valence-electron chi connectivity index (χ0n) is 12.1. The minimum atomic E-state index is 0.110. The fourth-order valence-electron chi connectivity index (χ4n) is 1.89. The minimum Gasteiger partial charge on any atom is -0.371 e. The topological polar surface area (TPSA) is 49.9 Å². The second-order valence-electron chi connectivity index (χ2n) is 5.05. The molecule has 0 spiro atoms. The number of nitrogens with one attached hydrogen (secondary N) is 2. The van der Waals surface area contributed by atoms with Gasteiger partial charge in [-0.05, 0) is 25.8 Å². The van der Waals surface area contributed by atoms with Gasteiger partial charge in [-0.2, -0.15) is 0 Å². The van der Waals surface area contributed by atoms with Crippen molar-refractivity contribution in [1.29, 1.82) is 0 Å². The molecule has 0 saturated heterocycles. The Labute approximate surface area is 111 Å². The van der Waals surface area contributed by atoms with Crippen LogP contribution in [0.4, 0.5) is 0 Å².